The van der Waals surface area contributed by atoms with Crippen LogP contribution in [0.1, 0.15) is 26.2 Å². The van der Waals surface area contributed by atoms with Gasteiger partial charge in [-0.15, -0.1) is 0 Å². The molecule has 18 heavy (non-hydrogen) atoms. The van der Waals surface area contributed by atoms with Gasteiger partial charge < -0.3 is 5.32 Å². The van der Waals surface area contributed by atoms with Crippen LogP contribution in [0.5, 0.6) is 0 Å². The van der Waals surface area contributed by atoms with E-state index in [0.29, 0.717) is 6.04 Å². The second-order valence-electron chi connectivity index (χ2n) is 5.03. The first-order chi connectivity index (χ1) is 8.83. The van der Waals surface area contributed by atoms with E-state index in [4.69, 9.17) is 0 Å². The summed E-state index contributed by atoms with van der Waals surface area (Å²) in [5.41, 5.74) is 1.11. The summed E-state index contributed by atoms with van der Waals surface area (Å²) >= 11 is 0. The number of hydrogen-bond donors (Lipinski definition) is 1. The molecule has 2 aromatic heterocycles. The molecule has 94 valence electrons. The summed E-state index contributed by atoms with van der Waals surface area (Å²) in [5, 5.41) is 3.58. The van der Waals surface area contributed by atoms with E-state index < -0.39 is 0 Å². The van der Waals surface area contributed by atoms with E-state index in [1.54, 1.807) is 12.5 Å². The van der Waals surface area contributed by atoms with Crippen molar-refractivity contribution < 1.29 is 0 Å². The SMILES string of the molecule is CC1CCCC1Nc1ccc(-n2ccnc2)nc1. The molecule has 1 aliphatic rings. The van der Waals surface area contributed by atoms with E-state index in [1.165, 1.54) is 19.3 Å². The molecule has 2 atom stereocenters. The maximum absolute atomic E-state index is 4.45. The van der Waals surface area contributed by atoms with Gasteiger partial charge in [0.1, 0.15) is 12.1 Å². The van der Waals surface area contributed by atoms with E-state index in [2.05, 4.69) is 28.3 Å². The number of imidazole rings is 1. The highest BCUT2D eigenvalue weighted by Crippen LogP contribution is 2.27. The van der Waals surface area contributed by atoms with E-state index in [0.717, 1.165) is 17.4 Å². The Hall–Kier alpha value is -1.84. The Kier molecular flexibility index (Phi) is 3.00. The van der Waals surface area contributed by atoms with Crippen molar-refractivity contribution in [3.8, 4) is 5.82 Å². The quantitative estimate of drug-likeness (QED) is 0.900. The summed E-state index contributed by atoms with van der Waals surface area (Å²) in [7, 11) is 0. The van der Waals surface area contributed by atoms with Crippen LogP contribution in [0.2, 0.25) is 0 Å². The zero-order valence-electron chi connectivity index (χ0n) is 10.6. The number of nitrogens with one attached hydrogen (secondary N) is 1. The smallest absolute Gasteiger partial charge is 0.137 e. The Balaban J connectivity index is 1.71. The predicted octanol–water partition coefficient (Wildman–Crippen LogP) is 2.87. The van der Waals surface area contributed by atoms with E-state index in [9.17, 15) is 0 Å². The van der Waals surface area contributed by atoms with Crippen LogP contribution >= 0.6 is 0 Å². The van der Waals surface area contributed by atoms with Crippen LogP contribution in [-0.2, 0) is 0 Å². The number of nitrogens with zero attached hydrogens (tertiary/aromatic N) is 3. The van der Waals surface area contributed by atoms with Crippen LogP contribution in [0.25, 0.3) is 5.82 Å². The Morgan fingerprint density at radius 1 is 1.33 bits per heavy atom. The molecule has 0 aliphatic heterocycles. The van der Waals surface area contributed by atoms with Crippen molar-refractivity contribution in [2.75, 3.05) is 5.32 Å². The van der Waals surface area contributed by atoms with Crippen molar-refractivity contribution in [1.82, 2.24) is 14.5 Å². The van der Waals surface area contributed by atoms with Crippen LogP contribution < -0.4 is 5.32 Å². The zero-order valence-corrected chi connectivity index (χ0v) is 10.6. The fourth-order valence-corrected chi connectivity index (χ4v) is 2.59. The second-order valence-corrected chi connectivity index (χ2v) is 5.03. The number of anilines is 1. The molecular formula is C14H18N4. The van der Waals surface area contributed by atoms with Crippen LogP contribution in [-0.4, -0.2) is 20.6 Å². The van der Waals surface area contributed by atoms with Crippen molar-refractivity contribution in [3.63, 3.8) is 0 Å². The first kappa shape index (κ1) is 11.3. The normalized spacial score (nSPS) is 23.2. The van der Waals surface area contributed by atoms with Gasteiger partial charge in [-0.05, 0) is 30.9 Å². The van der Waals surface area contributed by atoms with Crippen molar-refractivity contribution in [2.24, 2.45) is 5.92 Å². The molecule has 2 unspecified atom stereocenters. The molecular weight excluding hydrogens is 224 g/mol. The monoisotopic (exact) mass is 242 g/mol. The zero-order chi connectivity index (χ0) is 12.4. The van der Waals surface area contributed by atoms with Gasteiger partial charge in [-0.1, -0.05) is 13.3 Å². The van der Waals surface area contributed by atoms with E-state index in [-0.39, 0.29) is 0 Å². The number of pyridine rings is 1. The minimum absolute atomic E-state index is 0.603. The van der Waals surface area contributed by atoms with Crippen LogP contribution in [0, 0.1) is 5.92 Å². The molecule has 0 aromatic carbocycles. The summed E-state index contributed by atoms with van der Waals surface area (Å²) in [6.07, 6.45) is 11.2. The van der Waals surface area contributed by atoms with Gasteiger partial charge in [0.25, 0.3) is 0 Å². The minimum atomic E-state index is 0.603. The van der Waals surface area contributed by atoms with E-state index in [1.807, 2.05) is 23.0 Å². The molecule has 0 radical (unpaired) electrons. The van der Waals surface area contributed by atoms with Gasteiger partial charge in [0.15, 0.2) is 0 Å². The molecule has 1 fully saturated rings. The predicted molar refractivity (Wildman–Crippen MR) is 71.8 cm³/mol. The first-order valence-corrected chi connectivity index (χ1v) is 6.54. The van der Waals surface area contributed by atoms with Crippen molar-refractivity contribution in [1.29, 1.82) is 0 Å². The third kappa shape index (κ3) is 2.23. The Labute approximate surface area is 107 Å². The fourth-order valence-electron chi connectivity index (χ4n) is 2.59. The molecule has 0 bridgehead atoms. The van der Waals surface area contributed by atoms with Crippen LogP contribution in [0.3, 0.4) is 0 Å². The van der Waals surface area contributed by atoms with Gasteiger partial charge in [0.05, 0.1) is 11.9 Å². The molecule has 0 amide bonds. The maximum Gasteiger partial charge on any atom is 0.137 e. The Morgan fingerprint density at radius 3 is 2.89 bits per heavy atom. The third-order valence-electron chi connectivity index (χ3n) is 3.73. The minimum Gasteiger partial charge on any atom is -0.381 e. The summed E-state index contributed by atoms with van der Waals surface area (Å²) in [6.45, 7) is 2.32. The van der Waals surface area contributed by atoms with Gasteiger partial charge in [-0.3, -0.25) is 4.57 Å². The Bertz CT molecular complexity index is 489. The molecule has 1 aliphatic carbocycles. The lowest BCUT2D eigenvalue weighted by Gasteiger charge is -2.18. The number of hydrogen-bond acceptors (Lipinski definition) is 3. The van der Waals surface area contributed by atoms with Gasteiger partial charge >= 0.3 is 0 Å². The fraction of sp³-hybridized carbons (Fsp3) is 0.429. The average molecular weight is 242 g/mol. The molecule has 4 nitrogen and oxygen atoms in total. The number of aromatic nitrogens is 3. The lowest BCUT2D eigenvalue weighted by Crippen LogP contribution is -2.21. The topological polar surface area (TPSA) is 42.7 Å². The molecule has 3 rings (SSSR count). The lowest BCUT2D eigenvalue weighted by atomic mass is 10.1. The van der Waals surface area contributed by atoms with Crippen molar-refractivity contribution >= 4 is 5.69 Å². The molecule has 1 saturated carbocycles. The first-order valence-electron chi connectivity index (χ1n) is 6.54. The summed E-state index contributed by atoms with van der Waals surface area (Å²) < 4.78 is 1.90. The third-order valence-corrected chi connectivity index (χ3v) is 3.73. The van der Waals surface area contributed by atoms with Gasteiger partial charge in [-0.25, -0.2) is 9.97 Å². The number of rotatable bonds is 3. The van der Waals surface area contributed by atoms with Crippen LogP contribution in [0.4, 0.5) is 5.69 Å². The van der Waals surface area contributed by atoms with Gasteiger partial charge in [0, 0.05) is 18.4 Å². The molecule has 1 N–H and O–H groups in total. The summed E-state index contributed by atoms with van der Waals surface area (Å²) in [6, 6.07) is 4.71. The maximum atomic E-state index is 4.45. The standard InChI is InChI=1S/C14H18N4/c1-11-3-2-4-13(11)17-12-5-6-14(16-9-12)18-8-7-15-10-18/h5-11,13,17H,2-4H2,1H3. The molecule has 0 spiro atoms. The Morgan fingerprint density at radius 2 is 2.28 bits per heavy atom. The summed E-state index contributed by atoms with van der Waals surface area (Å²) in [4.78, 5) is 8.47. The second kappa shape index (κ2) is 4.80. The average Bonchev–Trinajstić information content (AvgIpc) is 3.03. The van der Waals surface area contributed by atoms with Crippen molar-refractivity contribution in [2.45, 2.75) is 32.2 Å². The highest BCUT2D eigenvalue weighted by molar-refractivity contribution is 5.44. The van der Waals surface area contributed by atoms with Gasteiger partial charge in [0.2, 0.25) is 0 Å². The van der Waals surface area contributed by atoms with E-state index >= 15 is 0 Å². The molecule has 2 aromatic rings. The van der Waals surface area contributed by atoms with Crippen molar-refractivity contribution in [3.05, 3.63) is 37.1 Å². The highest BCUT2D eigenvalue weighted by atomic mass is 15.1. The summed E-state index contributed by atoms with van der Waals surface area (Å²) in [5.74, 6) is 1.66. The lowest BCUT2D eigenvalue weighted by molar-refractivity contribution is 0.556. The van der Waals surface area contributed by atoms with Gasteiger partial charge in [-0.2, -0.15) is 0 Å². The molecule has 0 saturated heterocycles. The largest absolute Gasteiger partial charge is 0.381 e. The molecule has 4 heteroatoms. The molecule has 2 heterocycles. The highest BCUT2D eigenvalue weighted by Gasteiger charge is 2.22. The van der Waals surface area contributed by atoms with Crippen LogP contribution in [0.15, 0.2) is 37.1 Å².